The number of carbonyl (C=O) groups excluding carboxylic acids is 2. The van der Waals surface area contributed by atoms with Crippen LogP contribution in [0, 0.1) is 23.2 Å². The summed E-state index contributed by atoms with van der Waals surface area (Å²) in [4.78, 5) is 25.8. The summed E-state index contributed by atoms with van der Waals surface area (Å²) >= 11 is 0. The van der Waals surface area contributed by atoms with Crippen molar-refractivity contribution in [3.63, 3.8) is 0 Å². The van der Waals surface area contributed by atoms with E-state index >= 15 is 0 Å². The van der Waals surface area contributed by atoms with Crippen molar-refractivity contribution in [2.24, 2.45) is 28.9 Å². The monoisotopic (exact) mass is 473 g/mol. The van der Waals surface area contributed by atoms with Crippen molar-refractivity contribution in [2.45, 2.75) is 93.9 Å². The quantitative estimate of drug-likeness (QED) is 0.209. The van der Waals surface area contributed by atoms with E-state index in [1.807, 2.05) is 0 Å². The Bertz CT molecular complexity index is 819. The van der Waals surface area contributed by atoms with Crippen molar-refractivity contribution in [3.8, 4) is 0 Å². The van der Waals surface area contributed by atoms with Gasteiger partial charge in [0.15, 0.2) is 11.9 Å². The lowest BCUT2D eigenvalue weighted by Gasteiger charge is -2.64. The summed E-state index contributed by atoms with van der Waals surface area (Å²) in [6.07, 6.45) is -8.49. The minimum atomic E-state index is -2.04. The fraction of sp³-hybridized carbons (Fsp3) is 0.909. The Morgan fingerprint density at radius 2 is 1.85 bits per heavy atom. The summed E-state index contributed by atoms with van der Waals surface area (Å²) in [7, 11) is 0. The lowest BCUT2D eigenvalue weighted by Crippen LogP contribution is -2.79. The fourth-order valence-electron chi connectivity index (χ4n) is 6.55. The topological polar surface area (TPSA) is 200 Å². The molecule has 0 aromatic heterocycles. The van der Waals surface area contributed by atoms with E-state index in [0.29, 0.717) is 0 Å². The minimum Gasteiger partial charge on any atom is -0.460 e. The number of rotatable bonds is 3. The average Bonchev–Trinajstić information content (AvgIpc) is 2.73. The van der Waals surface area contributed by atoms with E-state index < -0.39 is 88.8 Å². The van der Waals surface area contributed by atoms with Crippen LogP contribution in [0.2, 0.25) is 0 Å². The molecular weight excluding hydrogens is 438 g/mol. The standard InChI is InChI=1S/C22H35NO10/c1-8(23)15(25)19(29)33-9-4-10-16(26)17(27)13-11(24)5-12-21(30,7-32-12)14(13)18(28)22(31,6-9)20(10,2)3/h8-15,17-18,24-25,27-28,30-31H,4-7,23H2,1-3H3. The maximum Gasteiger partial charge on any atom is 0.336 e. The lowest BCUT2D eigenvalue weighted by atomic mass is 9.47. The van der Waals surface area contributed by atoms with Gasteiger partial charge in [0.1, 0.15) is 23.4 Å². The molecule has 0 spiro atoms. The molecule has 0 aromatic carbocycles. The Kier molecular flexibility index (Phi) is 5.98. The highest BCUT2D eigenvalue weighted by molar-refractivity contribution is 5.87. The van der Waals surface area contributed by atoms with Crippen LogP contribution >= 0.6 is 0 Å². The second kappa shape index (κ2) is 7.92. The van der Waals surface area contributed by atoms with Gasteiger partial charge in [-0.1, -0.05) is 13.8 Å². The number of ketones is 1. The van der Waals surface area contributed by atoms with Gasteiger partial charge < -0.3 is 45.8 Å². The van der Waals surface area contributed by atoms with E-state index in [4.69, 9.17) is 15.2 Å². The Hall–Kier alpha value is -1.18. The van der Waals surface area contributed by atoms with Crippen LogP contribution < -0.4 is 5.73 Å². The minimum absolute atomic E-state index is 0.0172. The summed E-state index contributed by atoms with van der Waals surface area (Å²) in [5.74, 6) is -5.21. The number of esters is 1. The molecule has 0 amide bonds. The van der Waals surface area contributed by atoms with Gasteiger partial charge in [0.05, 0.1) is 24.9 Å². The highest BCUT2D eigenvalue weighted by Gasteiger charge is 2.72. The molecule has 188 valence electrons. The van der Waals surface area contributed by atoms with Crippen LogP contribution in [-0.2, 0) is 19.1 Å². The number of ether oxygens (including phenoxy) is 2. The van der Waals surface area contributed by atoms with Gasteiger partial charge in [-0.25, -0.2) is 4.79 Å². The molecule has 33 heavy (non-hydrogen) atoms. The molecule has 12 atom stereocenters. The van der Waals surface area contributed by atoms with Crippen LogP contribution in [0.5, 0.6) is 0 Å². The SMILES string of the molecule is CC(N)C(O)C(=O)OC1CC2C(=O)C(O)C3C(O)CC4OCC4(O)C3C(O)C(O)(C1)C2(C)C. The first-order valence-corrected chi connectivity index (χ1v) is 11.4. The van der Waals surface area contributed by atoms with Crippen LogP contribution in [0.3, 0.4) is 0 Å². The van der Waals surface area contributed by atoms with Crippen molar-refractivity contribution in [3.05, 3.63) is 0 Å². The van der Waals surface area contributed by atoms with Crippen LogP contribution in [0.25, 0.3) is 0 Å². The van der Waals surface area contributed by atoms with Gasteiger partial charge in [-0.15, -0.1) is 0 Å². The van der Waals surface area contributed by atoms with Crippen molar-refractivity contribution in [1.29, 1.82) is 0 Å². The molecule has 4 fully saturated rings. The molecule has 1 saturated heterocycles. The van der Waals surface area contributed by atoms with E-state index in [-0.39, 0.29) is 25.9 Å². The van der Waals surface area contributed by atoms with Gasteiger partial charge in [0.2, 0.25) is 0 Å². The molecule has 1 aliphatic heterocycles. The summed E-state index contributed by atoms with van der Waals surface area (Å²) in [5, 5.41) is 66.5. The van der Waals surface area contributed by atoms with E-state index in [1.165, 1.54) is 6.92 Å². The Morgan fingerprint density at radius 3 is 2.39 bits per heavy atom. The summed E-state index contributed by atoms with van der Waals surface area (Å²) in [6.45, 7) is 4.41. The van der Waals surface area contributed by atoms with E-state index in [9.17, 15) is 40.2 Å². The smallest absolute Gasteiger partial charge is 0.336 e. The van der Waals surface area contributed by atoms with E-state index in [0.717, 1.165) is 0 Å². The van der Waals surface area contributed by atoms with Gasteiger partial charge in [-0.05, 0) is 13.3 Å². The lowest BCUT2D eigenvalue weighted by molar-refractivity contribution is -0.344. The number of fused-ring (bicyclic) bond motifs is 5. The molecule has 11 heteroatoms. The summed E-state index contributed by atoms with van der Waals surface area (Å²) in [5.41, 5.74) is 0.584. The van der Waals surface area contributed by atoms with Crippen molar-refractivity contribution in [2.75, 3.05) is 6.61 Å². The maximum atomic E-state index is 13.5. The maximum absolute atomic E-state index is 13.5. The third kappa shape index (κ3) is 3.40. The second-order valence-corrected chi connectivity index (χ2v) is 11.0. The molecule has 11 nitrogen and oxygen atoms in total. The molecular formula is C22H35NO10. The number of hydrogen-bond acceptors (Lipinski definition) is 11. The van der Waals surface area contributed by atoms with E-state index in [2.05, 4.69) is 0 Å². The van der Waals surface area contributed by atoms with Crippen molar-refractivity contribution in [1.82, 2.24) is 0 Å². The fourth-order valence-corrected chi connectivity index (χ4v) is 6.55. The first-order valence-electron chi connectivity index (χ1n) is 11.4. The van der Waals surface area contributed by atoms with Crippen LogP contribution in [-0.4, -0.2) is 103 Å². The molecule has 2 bridgehead atoms. The van der Waals surface area contributed by atoms with Crippen LogP contribution in [0.1, 0.15) is 40.0 Å². The predicted molar refractivity (Wildman–Crippen MR) is 110 cm³/mol. The molecule has 1 heterocycles. The van der Waals surface area contributed by atoms with Crippen molar-refractivity contribution >= 4 is 11.8 Å². The van der Waals surface area contributed by atoms with Crippen LogP contribution in [0.4, 0.5) is 0 Å². The second-order valence-electron chi connectivity index (χ2n) is 11.0. The largest absolute Gasteiger partial charge is 0.460 e. The number of Topliss-reactive ketones (excluding diaryl/α,β-unsaturated/α-hetero) is 1. The Labute approximate surface area is 191 Å². The molecule has 12 unspecified atom stereocenters. The van der Waals surface area contributed by atoms with Gasteiger partial charge in [0.25, 0.3) is 0 Å². The molecule has 0 radical (unpaired) electrons. The van der Waals surface area contributed by atoms with Gasteiger partial charge in [0, 0.05) is 42.1 Å². The Balaban J connectivity index is 1.76. The highest BCUT2D eigenvalue weighted by atomic mass is 16.6. The summed E-state index contributed by atoms with van der Waals surface area (Å²) < 4.78 is 10.7. The third-order valence-electron chi connectivity index (χ3n) is 8.84. The number of carbonyl (C=O) groups is 2. The zero-order chi connectivity index (χ0) is 24.7. The van der Waals surface area contributed by atoms with Gasteiger partial charge >= 0.3 is 5.97 Å². The number of aliphatic hydroxyl groups excluding tert-OH is 4. The molecule has 4 aliphatic rings. The molecule has 8 N–H and O–H groups in total. The number of aliphatic hydroxyl groups is 6. The first kappa shape index (κ1) is 24.9. The molecule has 0 aromatic rings. The Morgan fingerprint density at radius 1 is 1.21 bits per heavy atom. The third-order valence-corrected chi connectivity index (χ3v) is 8.84. The molecule has 3 aliphatic carbocycles. The zero-order valence-corrected chi connectivity index (χ0v) is 19.0. The predicted octanol–water partition coefficient (Wildman–Crippen LogP) is -2.79. The number of nitrogens with two attached hydrogens (primary N) is 1. The van der Waals surface area contributed by atoms with Crippen LogP contribution in [0.15, 0.2) is 0 Å². The molecule has 4 rings (SSSR count). The first-order chi connectivity index (χ1) is 15.2. The zero-order valence-electron chi connectivity index (χ0n) is 19.0. The van der Waals surface area contributed by atoms with Crippen molar-refractivity contribution < 1.29 is 49.7 Å². The van der Waals surface area contributed by atoms with Gasteiger partial charge in [-0.2, -0.15) is 0 Å². The van der Waals surface area contributed by atoms with Gasteiger partial charge in [-0.3, -0.25) is 4.79 Å². The number of hydrogen-bond donors (Lipinski definition) is 7. The summed E-state index contributed by atoms with van der Waals surface area (Å²) in [6, 6.07) is -0.908. The average molecular weight is 474 g/mol. The molecule has 3 saturated carbocycles. The highest BCUT2D eigenvalue weighted by Crippen LogP contribution is 2.59. The van der Waals surface area contributed by atoms with E-state index in [1.54, 1.807) is 13.8 Å². The normalized spacial score (nSPS) is 50.5.